The highest BCUT2D eigenvalue weighted by atomic mass is 16.5. The van der Waals surface area contributed by atoms with Gasteiger partial charge in [0.25, 0.3) is 0 Å². The van der Waals surface area contributed by atoms with E-state index in [9.17, 15) is 4.79 Å². The molecule has 0 aliphatic carbocycles. The molecule has 1 aliphatic heterocycles. The zero-order valence-electron chi connectivity index (χ0n) is 12.0. The molecule has 4 nitrogen and oxygen atoms in total. The van der Waals surface area contributed by atoms with Gasteiger partial charge in [-0.3, -0.25) is 4.90 Å². The summed E-state index contributed by atoms with van der Waals surface area (Å²) in [4.78, 5) is 13.8. The smallest absolute Gasteiger partial charge is 0.129 e. The van der Waals surface area contributed by atoms with Crippen LogP contribution in [0.5, 0.6) is 0 Å². The van der Waals surface area contributed by atoms with Crippen LogP contribution in [0.1, 0.15) is 26.7 Å². The van der Waals surface area contributed by atoms with Crippen LogP contribution in [0.3, 0.4) is 0 Å². The molecule has 0 aromatic heterocycles. The summed E-state index contributed by atoms with van der Waals surface area (Å²) < 4.78 is 10.6. The Morgan fingerprint density at radius 3 is 2.78 bits per heavy atom. The van der Waals surface area contributed by atoms with Crippen molar-refractivity contribution in [2.75, 3.05) is 46.6 Å². The molecule has 1 saturated heterocycles. The molecule has 1 rings (SSSR count). The first kappa shape index (κ1) is 15.6. The Balaban J connectivity index is 2.57. The van der Waals surface area contributed by atoms with E-state index in [2.05, 4.69) is 18.7 Å². The maximum absolute atomic E-state index is 11.4. The summed E-state index contributed by atoms with van der Waals surface area (Å²) in [5.74, 6) is 0.593. The molecule has 1 aliphatic rings. The molecule has 0 amide bonds. The van der Waals surface area contributed by atoms with Gasteiger partial charge >= 0.3 is 0 Å². The van der Waals surface area contributed by atoms with E-state index in [0.29, 0.717) is 19.1 Å². The average molecular weight is 257 g/mol. The maximum atomic E-state index is 11.4. The highest BCUT2D eigenvalue weighted by molar-refractivity contribution is 5.60. The molecule has 0 spiro atoms. The molecule has 0 radical (unpaired) electrons. The Kier molecular flexibility index (Phi) is 6.82. The number of aldehydes is 1. The molecule has 18 heavy (non-hydrogen) atoms. The van der Waals surface area contributed by atoms with Crippen LogP contribution >= 0.6 is 0 Å². The predicted molar refractivity (Wildman–Crippen MR) is 71.7 cm³/mol. The van der Waals surface area contributed by atoms with Crippen molar-refractivity contribution in [3.8, 4) is 0 Å². The van der Waals surface area contributed by atoms with Crippen LogP contribution in [-0.4, -0.2) is 57.8 Å². The van der Waals surface area contributed by atoms with E-state index in [1.807, 2.05) is 0 Å². The first-order valence-electron chi connectivity index (χ1n) is 6.87. The standard InChI is InChI=1S/C14H27NO3/c1-13(2)9-15(6-8-17-3)10-14(11-16)5-4-7-18-12-14/h11,13H,4-10,12H2,1-3H3. The van der Waals surface area contributed by atoms with Gasteiger partial charge in [0.05, 0.1) is 18.6 Å². The van der Waals surface area contributed by atoms with Crippen LogP contribution in [0.4, 0.5) is 0 Å². The lowest BCUT2D eigenvalue weighted by atomic mass is 9.83. The number of hydrogen-bond acceptors (Lipinski definition) is 4. The third-order valence-electron chi connectivity index (χ3n) is 3.38. The second-order valence-electron chi connectivity index (χ2n) is 5.76. The van der Waals surface area contributed by atoms with Gasteiger partial charge in [-0.05, 0) is 18.8 Å². The Hall–Kier alpha value is -0.450. The molecular formula is C14H27NO3. The lowest BCUT2D eigenvalue weighted by Crippen LogP contribution is -2.46. The number of carbonyl (C=O) groups is 1. The second-order valence-corrected chi connectivity index (χ2v) is 5.76. The maximum Gasteiger partial charge on any atom is 0.129 e. The molecule has 1 heterocycles. The molecule has 0 saturated carbocycles. The Morgan fingerprint density at radius 1 is 1.50 bits per heavy atom. The fourth-order valence-corrected chi connectivity index (χ4v) is 2.55. The number of hydrogen-bond donors (Lipinski definition) is 0. The van der Waals surface area contributed by atoms with Crippen molar-refractivity contribution in [3.05, 3.63) is 0 Å². The lowest BCUT2D eigenvalue weighted by Gasteiger charge is -2.37. The first-order chi connectivity index (χ1) is 8.62. The van der Waals surface area contributed by atoms with E-state index in [-0.39, 0.29) is 5.41 Å². The van der Waals surface area contributed by atoms with Crippen LogP contribution < -0.4 is 0 Å². The van der Waals surface area contributed by atoms with Gasteiger partial charge in [-0.25, -0.2) is 0 Å². The largest absolute Gasteiger partial charge is 0.383 e. The Bertz CT molecular complexity index is 237. The number of nitrogens with zero attached hydrogens (tertiary/aromatic N) is 1. The molecular weight excluding hydrogens is 230 g/mol. The first-order valence-corrected chi connectivity index (χ1v) is 6.87. The van der Waals surface area contributed by atoms with Crippen molar-refractivity contribution in [1.29, 1.82) is 0 Å². The molecule has 4 heteroatoms. The van der Waals surface area contributed by atoms with Crippen LogP contribution in [0.15, 0.2) is 0 Å². The van der Waals surface area contributed by atoms with Crippen LogP contribution in [0, 0.1) is 11.3 Å². The van der Waals surface area contributed by atoms with Gasteiger partial charge in [-0.15, -0.1) is 0 Å². The second kappa shape index (κ2) is 7.87. The zero-order valence-corrected chi connectivity index (χ0v) is 12.0. The zero-order chi connectivity index (χ0) is 13.4. The van der Waals surface area contributed by atoms with Crippen molar-refractivity contribution in [2.45, 2.75) is 26.7 Å². The van der Waals surface area contributed by atoms with Crippen molar-refractivity contribution < 1.29 is 14.3 Å². The van der Waals surface area contributed by atoms with Crippen molar-refractivity contribution in [1.82, 2.24) is 4.90 Å². The third-order valence-corrected chi connectivity index (χ3v) is 3.38. The lowest BCUT2D eigenvalue weighted by molar-refractivity contribution is -0.126. The van der Waals surface area contributed by atoms with Crippen molar-refractivity contribution in [3.63, 3.8) is 0 Å². The van der Waals surface area contributed by atoms with Gasteiger partial charge in [0.1, 0.15) is 6.29 Å². The van der Waals surface area contributed by atoms with Crippen LogP contribution in [0.25, 0.3) is 0 Å². The Morgan fingerprint density at radius 2 is 2.28 bits per heavy atom. The summed E-state index contributed by atoms with van der Waals surface area (Å²) in [6.45, 7) is 9.13. The highest BCUT2D eigenvalue weighted by Crippen LogP contribution is 2.27. The van der Waals surface area contributed by atoms with Gasteiger partial charge in [0, 0.05) is 33.4 Å². The van der Waals surface area contributed by atoms with E-state index in [4.69, 9.17) is 9.47 Å². The van der Waals surface area contributed by atoms with Crippen LogP contribution in [0.2, 0.25) is 0 Å². The molecule has 0 N–H and O–H groups in total. The Labute approximate surface area is 111 Å². The van der Waals surface area contributed by atoms with Gasteiger partial charge in [-0.1, -0.05) is 13.8 Å². The number of rotatable bonds is 8. The molecule has 1 fully saturated rings. The number of methoxy groups -OCH3 is 1. The summed E-state index contributed by atoms with van der Waals surface area (Å²) in [5.41, 5.74) is -0.305. The molecule has 106 valence electrons. The highest BCUT2D eigenvalue weighted by Gasteiger charge is 2.34. The quantitative estimate of drug-likeness (QED) is 0.619. The third kappa shape index (κ3) is 5.04. The SMILES string of the molecule is COCCN(CC(C)C)CC1(C=O)CCCOC1. The fourth-order valence-electron chi connectivity index (χ4n) is 2.55. The molecule has 0 bridgehead atoms. The van der Waals surface area contributed by atoms with E-state index in [1.54, 1.807) is 7.11 Å². The summed E-state index contributed by atoms with van der Waals surface area (Å²) in [6.07, 6.45) is 3.03. The summed E-state index contributed by atoms with van der Waals surface area (Å²) in [6, 6.07) is 0. The van der Waals surface area contributed by atoms with Gasteiger partial charge in [-0.2, -0.15) is 0 Å². The van der Waals surface area contributed by atoms with E-state index in [1.165, 1.54) is 0 Å². The van der Waals surface area contributed by atoms with Crippen molar-refractivity contribution in [2.24, 2.45) is 11.3 Å². The minimum Gasteiger partial charge on any atom is -0.383 e. The monoisotopic (exact) mass is 257 g/mol. The molecule has 1 unspecified atom stereocenters. The average Bonchev–Trinajstić information content (AvgIpc) is 2.36. The van der Waals surface area contributed by atoms with Crippen molar-refractivity contribution >= 4 is 6.29 Å². The molecule has 0 aromatic carbocycles. The normalized spacial score (nSPS) is 24.7. The summed E-state index contributed by atoms with van der Waals surface area (Å²) in [7, 11) is 1.72. The minimum atomic E-state index is -0.305. The fraction of sp³-hybridized carbons (Fsp3) is 0.929. The van der Waals surface area contributed by atoms with Gasteiger partial charge in [0.2, 0.25) is 0 Å². The minimum absolute atomic E-state index is 0.305. The summed E-state index contributed by atoms with van der Waals surface area (Å²) >= 11 is 0. The van der Waals surface area contributed by atoms with E-state index in [0.717, 1.165) is 45.4 Å². The van der Waals surface area contributed by atoms with Gasteiger partial charge < -0.3 is 14.3 Å². The van der Waals surface area contributed by atoms with Crippen LogP contribution in [-0.2, 0) is 14.3 Å². The number of ether oxygens (including phenoxy) is 2. The van der Waals surface area contributed by atoms with Gasteiger partial charge in [0.15, 0.2) is 0 Å². The predicted octanol–water partition coefficient (Wildman–Crippen LogP) is 1.59. The molecule has 0 aromatic rings. The molecule has 1 atom stereocenters. The summed E-state index contributed by atoms with van der Waals surface area (Å²) in [5, 5.41) is 0. The number of carbonyl (C=O) groups excluding carboxylic acids is 1. The van der Waals surface area contributed by atoms with E-state index < -0.39 is 0 Å². The van der Waals surface area contributed by atoms with E-state index >= 15 is 0 Å². The topological polar surface area (TPSA) is 38.8 Å².